The number of carbonyl (C=O) groups excluding carboxylic acids is 1. The Bertz CT molecular complexity index is 503. The van der Waals surface area contributed by atoms with Gasteiger partial charge in [0.2, 0.25) is 0 Å². The van der Waals surface area contributed by atoms with Gasteiger partial charge < -0.3 is 10.6 Å². The second kappa shape index (κ2) is 6.79. The van der Waals surface area contributed by atoms with Crippen LogP contribution in [0.3, 0.4) is 0 Å². The molecule has 0 spiro atoms. The van der Waals surface area contributed by atoms with Crippen molar-refractivity contribution in [3.8, 4) is 0 Å². The molecule has 1 amide bonds. The lowest BCUT2D eigenvalue weighted by Crippen LogP contribution is -2.38. The molecular weight excluding hydrogens is 302 g/mol. The third-order valence-corrected chi connectivity index (χ3v) is 2.56. The minimum Gasteiger partial charge on any atom is -0.332 e. The molecular formula is C12H12F6N2O. The van der Waals surface area contributed by atoms with Crippen molar-refractivity contribution in [2.45, 2.75) is 12.6 Å². The second-order valence-corrected chi connectivity index (χ2v) is 4.12. The minimum absolute atomic E-state index is 0.133. The van der Waals surface area contributed by atoms with E-state index >= 15 is 0 Å². The fourth-order valence-corrected chi connectivity index (χ4v) is 1.66. The van der Waals surface area contributed by atoms with Gasteiger partial charge in [0.25, 0.3) is 12.3 Å². The van der Waals surface area contributed by atoms with Crippen molar-refractivity contribution >= 4 is 5.91 Å². The Morgan fingerprint density at radius 2 is 1.90 bits per heavy atom. The molecule has 1 aromatic carbocycles. The molecule has 1 rings (SSSR count). The Kier molecular flexibility index (Phi) is 5.59. The Balaban J connectivity index is 3.11. The van der Waals surface area contributed by atoms with Crippen LogP contribution < -0.4 is 5.73 Å². The maximum absolute atomic E-state index is 13.1. The molecule has 0 saturated heterocycles. The van der Waals surface area contributed by atoms with Gasteiger partial charge in [-0.15, -0.1) is 0 Å². The third-order valence-electron chi connectivity index (χ3n) is 2.56. The molecule has 0 bridgehead atoms. The summed E-state index contributed by atoms with van der Waals surface area (Å²) in [6.07, 6.45) is -7.84. The van der Waals surface area contributed by atoms with Gasteiger partial charge in [0.05, 0.1) is 12.1 Å². The lowest BCUT2D eigenvalue weighted by molar-refractivity contribution is -0.140. The van der Waals surface area contributed by atoms with Crippen LogP contribution in [0.25, 0.3) is 0 Å². The molecule has 0 radical (unpaired) electrons. The molecule has 21 heavy (non-hydrogen) atoms. The van der Waals surface area contributed by atoms with Crippen LogP contribution in [-0.2, 0) is 6.18 Å². The zero-order valence-corrected chi connectivity index (χ0v) is 10.6. The van der Waals surface area contributed by atoms with Crippen LogP contribution >= 0.6 is 0 Å². The molecule has 118 valence electrons. The molecule has 0 aromatic heterocycles. The largest absolute Gasteiger partial charge is 0.419 e. The van der Waals surface area contributed by atoms with Gasteiger partial charge in [-0.05, 0) is 18.2 Å². The zero-order valence-electron chi connectivity index (χ0n) is 10.6. The molecule has 0 atom stereocenters. The number of rotatable bonds is 5. The van der Waals surface area contributed by atoms with Crippen molar-refractivity contribution in [1.82, 2.24) is 4.90 Å². The average Bonchev–Trinajstić information content (AvgIpc) is 2.36. The summed E-state index contributed by atoms with van der Waals surface area (Å²) in [6, 6.07) is 1.58. The van der Waals surface area contributed by atoms with Crippen molar-refractivity contribution in [3.63, 3.8) is 0 Å². The number of hydrogen-bond acceptors (Lipinski definition) is 2. The van der Waals surface area contributed by atoms with Crippen LogP contribution in [0, 0.1) is 5.82 Å². The summed E-state index contributed by atoms with van der Waals surface area (Å²) < 4.78 is 75.4. The van der Waals surface area contributed by atoms with Crippen LogP contribution in [0.5, 0.6) is 0 Å². The van der Waals surface area contributed by atoms with Gasteiger partial charge in [-0.3, -0.25) is 4.79 Å². The van der Waals surface area contributed by atoms with Crippen LogP contribution in [-0.4, -0.2) is 36.9 Å². The van der Waals surface area contributed by atoms with Crippen molar-refractivity contribution in [1.29, 1.82) is 0 Å². The quantitative estimate of drug-likeness (QED) is 0.849. The Labute approximate surface area is 116 Å². The predicted octanol–water partition coefficient (Wildman–Crippen LogP) is 2.51. The fourth-order valence-electron chi connectivity index (χ4n) is 1.66. The number of nitrogens with zero attached hydrogens (tertiary/aromatic N) is 1. The highest BCUT2D eigenvalue weighted by Crippen LogP contribution is 2.32. The molecule has 1 aromatic rings. The number of hydrogen-bond donors (Lipinski definition) is 1. The van der Waals surface area contributed by atoms with E-state index in [-0.39, 0.29) is 13.1 Å². The van der Waals surface area contributed by atoms with Crippen molar-refractivity contribution in [2.24, 2.45) is 5.73 Å². The monoisotopic (exact) mass is 314 g/mol. The Morgan fingerprint density at radius 1 is 1.29 bits per heavy atom. The molecule has 0 unspecified atom stereocenters. The summed E-state index contributed by atoms with van der Waals surface area (Å²) >= 11 is 0. The molecule has 0 aliphatic rings. The summed E-state index contributed by atoms with van der Waals surface area (Å²) in [4.78, 5) is 12.5. The highest BCUT2D eigenvalue weighted by Gasteiger charge is 2.35. The molecule has 0 heterocycles. The van der Waals surface area contributed by atoms with Gasteiger partial charge in [0.15, 0.2) is 0 Å². The number of halogens is 6. The number of benzene rings is 1. The van der Waals surface area contributed by atoms with E-state index in [4.69, 9.17) is 5.73 Å². The second-order valence-electron chi connectivity index (χ2n) is 4.12. The highest BCUT2D eigenvalue weighted by molar-refractivity contribution is 5.94. The molecule has 0 aliphatic heterocycles. The first-order valence-corrected chi connectivity index (χ1v) is 5.81. The summed E-state index contributed by atoms with van der Waals surface area (Å²) in [7, 11) is 0. The van der Waals surface area contributed by atoms with E-state index in [1.807, 2.05) is 0 Å². The lowest BCUT2D eigenvalue weighted by atomic mass is 10.1. The van der Waals surface area contributed by atoms with E-state index in [1.165, 1.54) is 0 Å². The zero-order chi connectivity index (χ0) is 16.2. The highest BCUT2D eigenvalue weighted by atomic mass is 19.4. The van der Waals surface area contributed by atoms with Crippen LogP contribution in [0.2, 0.25) is 0 Å². The van der Waals surface area contributed by atoms with E-state index < -0.39 is 42.0 Å². The van der Waals surface area contributed by atoms with Crippen LogP contribution in [0.1, 0.15) is 15.9 Å². The summed E-state index contributed by atoms with van der Waals surface area (Å²) in [5.74, 6) is -2.61. The van der Waals surface area contributed by atoms with Gasteiger partial charge in [-0.25, -0.2) is 13.2 Å². The summed E-state index contributed by atoms with van der Waals surface area (Å²) in [6.45, 7) is -1.34. The van der Waals surface area contributed by atoms with E-state index in [1.54, 1.807) is 0 Å². The van der Waals surface area contributed by atoms with Gasteiger partial charge in [-0.2, -0.15) is 13.2 Å². The molecule has 0 saturated carbocycles. The third kappa shape index (κ3) is 4.62. The normalized spacial score (nSPS) is 11.8. The maximum atomic E-state index is 13.1. The molecule has 0 fully saturated rings. The fraction of sp³-hybridized carbons (Fsp3) is 0.417. The number of alkyl halides is 5. The van der Waals surface area contributed by atoms with Gasteiger partial charge in [0, 0.05) is 18.7 Å². The number of carbonyl (C=O) groups is 1. The van der Waals surface area contributed by atoms with E-state index in [0.717, 1.165) is 6.07 Å². The summed E-state index contributed by atoms with van der Waals surface area (Å²) in [5, 5.41) is 0. The smallest absolute Gasteiger partial charge is 0.332 e. The first-order valence-electron chi connectivity index (χ1n) is 5.81. The van der Waals surface area contributed by atoms with E-state index in [9.17, 15) is 31.1 Å². The first kappa shape index (κ1) is 17.3. The Hall–Kier alpha value is -1.77. The van der Waals surface area contributed by atoms with Gasteiger partial charge in [-0.1, -0.05) is 0 Å². The van der Waals surface area contributed by atoms with Crippen molar-refractivity contribution in [2.75, 3.05) is 19.6 Å². The van der Waals surface area contributed by atoms with Gasteiger partial charge in [0.1, 0.15) is 5.82 Å². The molecule has 3 nitrogen and oxygen atoms in total. The maximum Gasteiger partial charge on any atom is 0.419 e. The van der Waals surface area contributed by atoms with Crippen LogP contribution in [0.4, 0.5) is 26.3 Å². The minimum atomic E-state index is -4.98. The lowest BCUT2D eigenvalue weighted by Gasteiger charge is -2.22. The standard InChI is InChI=1S/C12H12F6N2O/c13-9-2-1-7(5-8(9)12(16,17)18)11(21)20(4-3-19)6-10(14)15/h1-2,5,10H,3-4,6,19H2. The average molecular weight is 314 g/mol. The summed E-state index contributed by atoms with van der Waals surface area (Å²) in [5.41, 5.74) is 3.01. The SMILES string of the molecule is NCCN(CC(F)F)C(=O)c1ccc(F)c(C(F)(F)F)c1. The van der Waals surface area contributed by atoms with E-state index in [2.05, 4.69) is 0 Å². The molecule has 0 aliphatic carbocycles. The van der Waals surface area contributed by atoms with Crippen molar-refractivity contribution in [3.05, 3.63) is 35.1 Å². The van der Waals surface area contributed by atoms with E-state index in [0.29, 0.717) is 17.0 Å². The molecule has 9 heteroatoms. The molecule has 2 N–H and O–H groups in total. The topological polar surface area (TPSA) is 46.3 Å². The first-order chi connectivity index (χ1) is 9.66. The van der Waals surface area contributed by atoms with Gasteiger partial charge >= 0.3 is 6.18 Å². The number of nitrogens with two attached hydrogens (primary N) is 1. The van der Waals surface area contributed by atoms with Crippen LogP contribution in [0.15, 0.2) is 18.2 Å². The van der Waals surface area contributed by atoms with Crippen molar-refractivity contribution < 1.29 is 31.1 Å². The Morgan fingerprint density at radius 3 is 2.38 bits per heavy atom. The number of amides is 1. The predicted molar refractivity (Wildman–Crippen MR) is 62.4 cm³/mol.